The second-order valence-electron chi connectivity index (χ2n) is 6.51. The number of benzene rings is 1. The molecular formula is C17H22N4O4. The van der Waals surface area contributed by atoms with E-state index in [1.165, 1.54) is 0 Å². The molecule has 1 aromatic rings. The normalized spacial score (nSPS) is 22.1. The molecule has 0 aromatic heterocycles. The summed E-state index contributed by atoms with van der Waals surface area (Å²) in [6, 6.07) is 5.65. The molecule has 0 unspecified atom stereocenters. The van der Waals surface area contributed by atoms with Crippen molar-refractivity contribution in [2.24, 2.45) is 0 Å². The van der Waals surface area contributed by atoms with Crippen LogP contribution in [0.2, 0.25) is 0 Å². The Balaban J connectivity index is 1.32. The van der Waals surface area contributed by atoms with Gasteiger partial charge in [0.25, 0.3) is 0 Å². The van der Waals surface area contributed by atoms with Crippen LogP contribution in [-0.4, -0.2) is 60.9 Å². The van der Waals surface area contributed by atoms with E-state index in [1.54, 1.807) is 4.90 Å². The molecule has 3 heterocycles. The van der Waals surface area contributed by atoms with Crippen LogP contribution in [0.15, 0.2) is 18.2 Å². The molecule has 2 N–H and O–H groups in total. The molecule has 0 spiro atoms. The molecule has 8 nitrogen and oxygen atoms in total. The van der Waals surface area contributed by atoms with Gasteiger partial charge in [0.1, 0.15) is 0 Å². The van der Waals surface area contributed by atoms with Crippen molar-refractivity contribution in [1.29, 1.82) is 0 Å². The van der Waals surface area contributed by atoms with Gasteiger partial charge in [-0.05, 0) is 30.5 Å². The number of fused-ring (bicyclic) bond motifs is 1. The third-order valence-electron chi connectivity index (χ3n) is 4.90. The van der Waals surface area contributed by atoms with E-state index in [1.807, 2.05) is 23.1 Å². The van der Waals surface area contributed by atoms with E-state index in [0.717, 1.165) is 37.2 Å². The average Bonchev–Trinajstić information content (AvgIpc) is 3.27. The standard InChI is InChI=1S/C17H22N4O4/c22-16(19-9-12-3-4-14-15(8-12)25-11-24-14)20-6-1-2-13(10-20)21-7-5-18-17(21)23/h3-4,8,13H,1-2,5-7,9-11H2,(H,18,23)(H,19,22)/t13-/m0/s1. The maximum Gasteiger partial charge on any atom is 0.317 e. The van der Waals surface area contributed by atoms with Crippen molar-refractivity contribution < 1.29 is 19.1 Å². The summed E-state index contributed by atoms with van der Waals surface area (Å²) < 4.78 is 10.6. The summed E-state index contributed by atoms with van der Waals surface area (Å²) in [5.74, 6) is 1.45. The highest BCUT2D eigenvalue weighted by molar-refractivity contribution is 5.77. The van der Waals surface area contributed by atoms with Crippen molar-refractivity contribution in [3.8, 4) is 11.5 Å². The number of carbonyl (C=O) groups excluding carboxylic acids is 2. The van der Waals surface area contributed by atoms with Crippen LogP contribution in [0, 0.1) is 0 Å². The van der Waals surface area contributed by atoms with Crippen molar-refractivity contribution in [3.63, 3.8) is 0 Å². The average molecular weight is 346 g/mol. The molecule has 2 saturated heterocycles. The van der Waals surface area contributed by atoms with Crippen LogP contribution < -0.4 is 20.1 Å². The van der Waals surface area contributed by atoms with Gasteiger partial charge < -0.3 is 29.9 Å². The fraction of sp³-hybridized carbons (Fsp3) is 0.529. The first-order valence-electron chi connectivity index (χ1n) is 8.66. The minimum absolute atomic E-state index is 0.0207. The number of hydrogen-bond acceptors (Lipinski definition) is 4. The van der Waals surface area contributed by atoms with E-state index >= 15 is 0 Å². The van der Waals surface area contributed by atoms with E-state index in [4.69, 9.17) is 9.47 Å². The third kappa shape index (κ3) is 3.29. The zero-order valence-electron chi connectivity index (χ0n) is 14.0. The van der Waals surface area contributed by atoms with Gasteiger partial charge in [-0.1, -0.05) is 6.07 Å². The topological polar surface area (TPSA) is 83.1 Å². The first-order chi connectivity index (χ1) is 12.2. The lowest BCUT2D eigenvalue weighted by Crippen LogP contribution is -2.52. The summed E-state index contributed by atoms with van der Waals surface area (Å²) in [6.45, 7) is 3.38. The minimum atomic E-state index is -0.0954. The van der Waals surface area contributed by atoms with Gasteiger partial charge in [0.15, 0.2) is 11.5 Å². The Morgan fingerprint density at radius 3 is 3.00 bits per heavy atom. The van der Waals surface area contributed by atoms with E-state index < -0.39 is 0 Å². The molecule has 2 fully saturated rings. The highest BCUT2D eigenvalue weighted by Gasteiger charge is 2.32. The number of likely N-dealkylation sites (tertiary alicyclic amines) is 1. The highest BCUT2D eigenvalue weighted by atomic mass is 16.7. The molecule has 0 radical (unpaired) electrons. The zero-order chi connectivity index (χ0) is 17.2. The number of amides is 4. The first-order valence-corrected chi connectivity index (χ1v) is 8.66. The van der Waals surface area contributed by atoms with Crippen LogP contribution >= 0.6 is 0 Å². The summed E-state index contributed by atoms with van der Waals surface area (Å²) >= 11 is 0. The Labute approximate surface area is 146 Å². The number of hydrogen-bond donors (Lipinski definition) is 2. The number of ether oxygens (including phenoxy) is 2. The van der Waals surface area contributed by atoms with Gasteiger partial charge in [-0.2, -0.15) is 0 Å². The Hall–Kier alpha value is -2.64. The Morgan fingerprint density at radius 2 is 2.16 bits per heavy atom. The number of nitrogens with one attached hydrogen (secondary N) is 2. The molecule has 25 heavy (non-hydrogen) atoms. The zero-order valence-corrected chi connectivity index (χ0v) is 14.0. The molecule has 4 amide bonds. The maximum absolute atomic E-state index is 12.5. The molecule has 3 aliphatic heterocycles. The van der Waals surface area contributed by atoms with Gasteiger partial charge in [0, 0.05) is 32.7 Å². The van der Waals surface area contributed by atoms with Crippen LogP contribution in [0.3, 0.4) is 0 Å². The molecule has 4 rings (SSSR count). The maximum atomic E-state index is 12.5. The quantitative estimate of drug-likeness (QED) is 0.859. The van der Waals surface area contributed by atoms with Crippen LogP contribution in [-0.2, 0) is 6.54 Å². The largest absolute Gasteiger partial charge is 0.454 e. The van der Waals surface area contributed by atoms with Crippen LogP contribution in [0.4, 0.5) is 9.59 Å². The monoisotopic (exact) mass is 346 g/mol. The minimum Gasteiger partial charge on any atom is -0.454 e. The van der Waals surface area contributed by atoms with E-state index in [2.05, 4.69) is 10.6 Å². The van der Waals surface area contributed by atoms with Gasteiger partial charge in [0.05, 0.1) is 6.04 Å². The SMILES string of the molecule is O=C(NCc1ccc2c(c1)OCO2)N1CCC[C@H](N2CCNC2=O)C1. The molecule has 0 saturated carbocycles. The Kier molecular flexibility index (Phi) is 4.25. The first kappa shape index (κ1) is 15.9. The van der Waals surface area contributed by atoms with Crippen molar-refractivity contribution in [2.45, 2.75) is 25.4 Å². The van der Waals surface area contributed by atoms with Crippen LogP contribution in [0.1, 0.15) is 18.4 Å². The molecule has 134 valence electrons. The van der Waals surface area contributed by atoms with E-state index in [0.29, 0.717) is 25.4 Å². The van der Waals surface area contributed by atoms with Crippen LogP contribution in [0.5, 0.6) is 11.5 Å². The third-order valence-corrected chi connectivity index (χ3v) is 4.90. The molecule has 8 heteroatoms. The van der Waals surface area contributed by atoms with E-state index in [9.17, 15) is 9.59 Å². The summed E-state index contributed by atoms with van der Waals surface area (Å²) in [7, 11) is 0. The number of urea groups is 2. The predicted molar refractivity (Wildman–Crippen MR) is 89.5 cm³/mol. The second-order valence-corrected chi connectivity index (χ2v) is 6.51. The number of nitrogens with zero attached hydrogens (tertiary/aromatic N) is 2. The lowest BCUT2D eigenvalue weighted by atomic mass is 10.0. The van der Waals surface area contributed by atoms with Crippen LogP contribution in [0.25, 0.3) is 0 Å². The lowest BCUT2D eigenvalue weighted by molar-refractivity contribution is 0.132. The molecular weight excluding hydrogens is 324 g/mol. The summed E-state index contributed by atoms with van der Waals surface area (Å²) in [4.78, 5) is 28.0. The van der Waals surface area contributed by atoms with Crippen molar-refractivity contribution >= 4 is 12.1 Å². The Bertz CT molecular complexity index is 681. The van der Waals surface area contributed by atoms with Crippen molar-refractivity contribution in [3.05, 3.63) is 23.8 Å². The summed E-state index contributed by atoms with van der Waals surface area (Å²) in [6.07, 6.45) is 1.85. The lowest BCUT2D eigenvalue weighted by Gasteiger charge is -2.37. The fourth-order valence-electron chi connectivity index (χ4n) is 3.57. The summed E-state index contributed by atoms with van der Waals surface area (Å²) in [5, 5.41) is 5.78. The van der Waals surface area contributed by atoms with Gasteiger partial charge in [-0.25, -0.2) is 9.59 Å². The van der Waals surface area contributed by atoms with Gasteiger partial charge in [-0.3, -0.25) is 0 Å². The predicted octanol–water partition coefficient (Wildman–Crippen LogP) is 1.11. The molecule has 3 aliphatic rings. The fourth-order valence-corrected chi connectivity index (χ4v) is 3.57. The Morgan fingerprint density at radius 1 is 1.28 bits per heavy atom. The smallest absolute Gasteiger partial charge is 0.317 e. The molecule has 0 bridgehead atoms. The molecule has 0 aliphatic carbocycles. The molecule has 1 atom stereocenters. The molecule has 1 aromatic carbocycles. The number of carbonyl (C=O) groups is 2. The number of piperidine rings is 1. The number of rotatable bonds is 3. The highest BCUT2D eigenvalue weighted by Crippen LogP contribution is 2.32. The second kappa shape index (κ2) is 6.70. The van der Waals surface area contributed by atoms with E-state index in [-0.39, 0.29) is 24.9 Å². The van der Waals surface area contributed by atoms with Gasteiger partial charge in [0.2, 0.25) is 6.79 Å². The summed E-state index contributed by atoms with van der Waals surface area (Å²) in [5.41, 5.74) is 0.963. The van der Waals surface area contributed by atoms with Gasteiger partial charge in [-0.15, -0.1) is 0 Å². The van der Waals surface area contributed by atoms with Crippen molar-refractivity contribution in [1.82, 2.24) is 20.4 Å². The van der Waals surface area contributed by atoms with Crippen molar-refractivity contribution in [2.75, 3.05) is 33.0 Å². The van der Waals surface area contributed by atoms with Gasteiger partial charge >= 0.3 is 12.1 Å².